The van der Waals surface area contributed by atoms with Gasteiger partial charge in [0.05, 0.1) is 7.11 Å². The Bertz CT molecular complexity index is 821. The fourth-order valence-electron chi connectivity index (χ4n) is 3.45. The minimum Gasteiger partial charge on any atom is -0.497 e. The molecule has 106 valence electrons. The first-order valence-electron chi connectivity index (χ1n) is 7.19. The molecule has 1 heterocycles. The lowest BCUT2D eigenvalue weighted by atomic mass is 9.92. The number of rotatable bonds is 2. The summed E-state index contributed by atoms with van der Waals surface area (Å²) < 4.78 is 5.36. The Labute approximate surface area is 128 Å². The van der Waals surface area contributed by atoms with E-state index in [1.807, 2.05) is 12.1 Å². The maximum absolute atomic E-state index is 6.11. The van der Waals surface area contributed by atoms with Crippen molar-refractivity contribution in [2.45, 2.75) is 18.8 Å². The van der Waals surface area contributed by atoms with Crippen LogP contribution in [0.4, 0.5) is 0 Å². The van der Waals surface area contributed by atoms with Crippen molar-refractivity contribution in [3.05, 3.63) is 64.3 Å². The number of fused-ring (bicyclic) bond motifs is 2. The summed E-state index contributed by atoms with van der Waals surface area (Å²) in [5, 5.41) is 2.08. The third-order valence-electron chi connectivity index (χ3n) is 4.48. The summed E-state index contributed by atoms with van der Waals surface area (Å²) in [6, 6.07) is 12.5. The molecule has 3 heteroatoms. The summed E-state index contributed by atoms with van der Waals surface area (Å²) in [7, 11) is 1.71. The van der Waals surface area contributed by atoms with Gasteiger partial charge in [-0.05, 0) is 59.9 Å². The molecule has 0 amide bonds. The number of aryl methyl sites for hydroxylation is 1. The van der Waals surface area contributed by atoms with Crippen molar-refractivity contribution in [2.75, 3.05) is 7.11 Å². The molecule has 1 aromatic heterocycles. The molecule has 1 N–H and O–H groups in total. The molecule has 1 atom stereocenters. The van der Waals surface area contributed by atoms with Gasteiger partial charge in [-0.3, -0.25) is 0 Å². The lowest BCUT2D eigenvalue weighted by Crippen LogP contribution is -1.95. The predicted octanol–water partition coefficient (Wildman–Crippen LogP) is 4.91. The number of ether oxygens (including phenoxy) is 1. The van der Waals surface area contributed by atoms with Crippen molar-refractivity contribution in [1.29, 1.82) is 0 Å². The molecule has 1 aliphatic carbocycles. The minimum atomic E-state index is 0.443. The number of hydrogen-bond acceptors (Lipinski definition) is 1. The van der Waals surface area contributed by atoms with Crippen LogP contribution in [0.15, 0.2) is 42.6 Å². The Balaban J connectivity index is 1.85. The molecule has 0 bridgehead atoms. The SMILES string of the molecule is COc1ccc2[nH]cc(C3CCc4cc(Cl)ccc43)c2c1. The molecule has 21 heavy (non-hydrogen) atoms. The Kier molecular flexibility index (Phi) is 2.93. The highest BCUT2D eigenvalue weighted by Crippen LogP contribution is 2.42. The van der Waals surface area contributed by atoms with Gasteiger partial charge in [-0.15, -0.1) is 0 Å². The molecular weight excluding hydrogens is 282 g/mol. The van der Waals surface area contributed by atoms with Crippen LogP contribution in [0.1, 0.15) is 29.0 Å². The summed E-state index contributed by atoms with van der Waals surface area (Å²) in [4.78, 5) is 3.38. The fourth-order valence-corrected chi connectivity index (χ4v) is 3.64. The number of aromatic amines is 1. The molecular formula is C18H16ClNO. The van der Waals surface area contributed by atoms with Gasteiger partial charge in [0.2, 0.25) is 0 Å². The van der Waals surface area contributed by atoms with Crippen LogP contribution in [0, 0.1) is 0 Å². The second-order valence-corrected chi connectivity index (χ2v) is 6.03. The van der Waals surface area contributed by atoms with E-state index in [0.29, 0.717) is 5.92 Å². The third kappa shape index (κ3) is 2.02. The molecule has 2 aromatic carbocycles. The maximum atomic E-state index is 6.11. The Morgan fingerprint density at radius 2 is 2.05 bits per heavy atom. The maximum Gasteiger partial charge on any atom is 0.119 e. The first kappa shape index (κ1) is 12.8. The van der Waals surface area contributed by atoms with Crippen LogP contribution in [0.3, 0.4) is 0 Å². The van der Waals surface area contributed by atoms with Gasteiger partial charge >= 0.3 is 0 Å². The standard InChI is InChI=1S/C18H16ClNO/c1-21-13-4-7-18-16(9-13)17(10-20-18)15-5-2-11-8-12(19)3-6-14(11)15/h3-4,6-10,15,20H,2,5H2,1H3. The normalized spacial score (nSPS) is 17.1. The highest BCUT2D eigenvalue weighted by atomic mass is 35.5. The Morgan fingerprint density at radius 3 is 2.90 bits per heavy atom. The van der Waals surface area contributed by atoms with Gasteiger partial charge in [0.25, 0.3) is 0 Å². The number of halogens is 1. The highest BCUT2D eigenvalue weighted by molar-refractivity contribution is 6.30. The smallest absolute Gasteiger partial charge is 0.119 e. The van der Waals surface area contributed by atoms with Crippen molar-refractivity contribution in [3.8, 4) is 5.75 Å². The molecule has 1 aliphatic rings. The van der Waals surface area contributed by atoms with Crippen molar-refractivity contribution < 1.29 is 4.74 Å². The molecule has 0 fully saturated rings. The van der Waals surface area contributed by atoms with Crippen LogP contribution in [-0.2, 0) is 6.42 Å². The van der Waals surface area contributed by atoms with Crippen molar-refractivity contribution in [3.63, 3.8) is 0 Å². The third-order valence-corrected chi connectivity index (χ3v) is 4.71. The summed E-state index contributed by atoms with van der Waals surface area (Å²) in [5.41, 5.74) is 5.30. The first-order chi connectivity index (χ1) is 10.3. The van der Waals surface area contributed by atoms with E-state index in [4.69, 9.17) is 16.3 Å². The van der Waals surface area contributed by atoms with Gasteiger partial charge in [0.1, 0.15) is 5.75 Å². The van der Waals surface area contributed by atoms with Crippen LogP contribution in [-0.4, -0.2) is 12.1 Å². The predicted molar refractivity (Wildman–Crippen MR) is 86.5 cm³/mol. The average Bonchev–Trinajstić information content (AvgIpc) is 3.09. The number of H-pyrrole nitrogens is 1. The zero-order chi connectivity index (χ0) is 14.4. The topological polar surface area (TPSA) is 25.0 Å². The summed E-state index contributed by atoms with van der Waals surface area (Å²) in [5.74, 6) is 1.34. The quantitative estimate of drug-likeness (QED) is 0.714. The monoisotopic (exact) mass is 297 g/mol. The second-order valence-electron chi connectivity index (χ2n) is 5.59. The lowest BCUT2D eigenvalue weighted by Gasteiger charge is -2.11. The Hall–Kier alpha value is -1.93. The summed E-state index contributed by atoms with van der Waals surface area (Å²) in [6.07, 6.45) is 4.37. The zero-order valence-electron chi connectivity index (χ0n) is 11.8. The number of aromatic nitrogens is 1. The molecule has 0 aliphatic heterocycles. The van der Waals surface area contributed by atoms with E-state index in [1.54, 1.807) is 7.11 Å². The van der Waals surface area contributed by atoms with E-state index >= 15 is 0 Å². The van der Waals surface area contributed by atoms with Gasteiger partial charge < -0.3 is 9.72 Å². The van der Waals surface area contributed by atoms with E-state index in [9.17, 15) is 0 Å². The first-order valence-corrected chi connectivity index (χ1v) is 7.57. The number of benzene rings is 2. The van der Waals surface area contributed by atoms with Crippen LogP contribution in [0.2, 0.25) is 5.02 Å². The molecule has 1 unspecified atom stereocenters. The van der Waals surface area contributed by atoms with Crippen LogP contribution in [0.5, 0.6) is 5.75 Å². The van der Waals surface area contributed by atoms with E-state index in [1.165, 1.54) is 22.1 Å². The summed E-state index contributed by atoms with van der Waals surface area (Å²) in [6.45, 7) is 0. The van der Waals surface area contributed by atoms with Gasteiger partial charge in [0.15, 0.2) is 0 Å². The number of hydrogen-bond donors (Lipinski definition) is 1. The molecule has 2 nitrogen and oxygen atoms in total. The van der Waals surface area contributed by atoms with Crippen molar-refractivity contribution >= 4 is 22.5 Å². The molecule has 0 radical (unpaired) electrons. The molecule has 0 spiro atoms. The van der Waals surface area contributed by atoms with Crippen molar-refractivity contribution in [2.24, 2.45) is 0 Å². The van der Waals surface area contributed by atoms with Gasteiger partial charge in [-0.25, -0.2) is 0 Å². The number of nitrogens with one attached hydrogen (secondary N) is 1. The van der Waals surface area contributed by atoms with Crippen LogP contribution >= 0.6 is 11.6 Å². The average molecular weight is 298 g/mol. The zero-order valence-corrected chi connectivity index (χ0v) is 12.6. The highest BCUT2D eigenvalue weighted by Gasteiger charge is 2.26. The van der Waals surface area contributed by atoms with Crippen LogP contribution < -0.4 is 4.74 Å². The lowest BCUT2D eigenvalue weighted by molar-refractivity contribution is 0.415. The van der Waals surface area contributed by atoms with Gasteiger partial charge in [-0.1, -0.05) is 17.7 Å². The van der Waals surface area contributed by atoms with E-state index in [2.05, 4.69) is 35.4 Å². The largest absolute Gasteiger partial charge is 0.497 e. The molecule has 0 saturated heterocycles. The fraction of sp³-hybridized carbons (Fsp3) is 0.222. The van der Waals surface area contributed by atoms with Gasteiger partial charge in [-0.2, -0.15) is 0 Å². The van der Waals surface area contributed by atoms with E-state index in [-0.39, 0.29) is 0 Å². The van der Waals surface area contributed by atoms with Crippen LogP contribution in [0.25, 0.3) is 10.9 Å². The molecule has 0 saturated carbocycles. The Morgan fingerprint density at radius 1 is 1.14 bits per heavy atom. The summed E-state index contributed by atoms with van der Waals surface area (Å²) >= 11 is 6.11. The van der Waals surface area contributed by atoms with Gasteiger partial charge in [0, 0.05) is 28.0 Å². The van der Waals surface area contributed by atoms with E-state index in [0.717, 1.165) is 29.1 Å². The minimum absolute atomic E-state index is 0.443. The van der Waals surface area contributed by atoms with Crippen molar-refractivity contribution in [1.82, 2.24) is 4.98 Å². The molecule has 4 rings (SSSR count). The van der Waals surface area contributed by atoms with E-state index < -0.39 is 0 Å². The second kappa shape index (κ2) is 4.81. The molecule has 3 aromatic rings. The number of methoxy groups -OCH3 is 1.